The third-order valence-electron chi connectivity index (χ3n) is 5.85. The van der Waals surface area contributed by atoms with E-state index in [1.807, 2.05) is 30.0 Å². The summed E-state index contributed by atoms with van der Waals surface area (Å²) in [7, 11) is 0. The molecule has 4 rings (SSSR count). The molecule has 0 spiro atoms. The van der Waals surface area contributed by atoms with Crippen molar-refractivity contribution in [3.05, 3.63) is 64.7 Å². The molecular weight excluding hydrogens is 358 g/mol. The normalized spacial score (nSPS) is 18.9. The number of hydrogen-bond acceptors (Lipinski definition) is 3. The largest absolute Gasteiger partial charge is 0.368 e. The number of benzene rings is 2. The molecule has 1 fully saturated rings. The number of carbonyl (C=O) groups excluding carboxylic acids is 1. The van der Waals surface area contributed by atoms with Crippen molar-refractivity contribution in [1.82, 2.24) is 9.80 Å². The second-order valence-electron chi connectivity index (χ2n) is 7.43. The van der Waals surface area contributed by atoms with Crippen LogP contribution in [0, 0.1) is 0 Å². The molecule has 1 amide bonds. The van der Waals surface area contributed by atoms with Gasteiger partial charge in [-0.1, -0.05) is 48.0 Å². The molecule has 2 aliphatic heterocycles. The SMILES string of the molecule is C[C@H](C(=O)N1CCc2ccccc2C1)N1CCN(c2ccccc2Cl)CC1. The molecular formula is C22H26ClN3O. The van der Waals surface area contributed by atoms with Crippen molar-refractivity contribution in [3.63, 3.8) is 0 Å². The van der Waals surface area contributed by atoms with Gasteiger partial charge in [-0.2, -0.15) is 0 Å². The van der Waals surface area contributed by atoms with Crippen LogP contribution < -0.4 is 4.90 Å². The van der Waals surface area contributed by atoms with E-state index in [1.165, 1.54) is 11.1 Å². The Bertz CT molecular complexity index is 817. The summed E-state index contributed by atoms with van der Waals surface area (Å²) in [6, 6.07) is 16.4. The molecule has 2 aromatic rings. The average molecular weight is 384 g/mol. The number of para-hydroxylation sites is 1. The highest BCUT2D eigenvalue weighted by Gasteiger charge is 2.30. The Morgan fingerprint density at radius 3 is 2.33 bits per heavy atom. The Hall–Kier alpha value is -2.04. The van der Waals surface area contributed by atoms with Gasteiger partial charge in [0.25, 0.3) is 0 Å². The highest BCUT2D eigenvalue weighted by atomic mass is 35.5. The molecule has 0 bridgehead atoms. The molecule has 2 aliphatic rings. The maximum absolute atomic E-state index is 13.1. The van der Waals surface area contributed by atoms with E-state index in [1.54, 1.807) is 0 Å². The van der Waals surface area contributed by atoms with Crippen molar-refractivity contribution < 1.29 is 4.79 Å². The zero-order valence-electron chi connectivity index (χ0n) is 15.8. The molecule has 0 radical (unpaired) electrons. The molecule has 0 aliphatic carbocycles. The minimum absolute atomic E-state index is 0.0799. The van der Waals surface area contributed by atoms with Crippen molar-refractivity contribution in [2.45, 2.75) is 25.9 Å². The van der Waals surface area contributed by atoms with Crippen molar-refractivity contribution in [3.8, 4) is 0 Å². The first-order valence-corrected chi connectivity index (χ1v) is 10.1. The Kier molecular flexibility index (Phi) is 5.37. The van der Waals surface area contributed by atoms with E-state index in [9.17, 15) is 4.79 Å². The molecule has 0 N–H and O–H groups in total. The third kappa shape index (κ3) is 3.83. The zero-order valence-corrected chi connectivity index (χ0v) is 16.5. The average Bonchev–Trinajstić information content (AvgIpc) is 2.73. The smallest absolute Gasteiger partial charge is 0.239 e. The Morgan fingerprint density at radius 1 is 0.926 bits per heavy atom. The van der Waals surface area contributed by atoms with E-state index >= 15 is 0 Å². The number of hydrogen-bond donors (Lipinski definition) is 0. The molecule has 0 unspecified atom stereocenters. The number of rotatable bonds is 3. The third-order valence-corrected chi connectivity index (χ3v) is 6.17. The van der Waals surface area contributed by atoms with Gasteiger partial charge in [0.1, 0.15) is 0 Å². The van der Waals surface area contributed by atoms with E-state index in [2.05, 4.69) is 40.1 Å². The van der Waals surface area contributed by atoms with Crippen molar-refractivity contribution in [1.29, 1.82) is 0 Å². The topological polar surface area (TPSA) is 26.8 Å². The lowest BCUT2D eigenvalue weighted by Gasteiger charge is -2.40. The first-order valence-electron chi connectivity index (χ1n) is 9.72. The number of piperazine rings is 1. The number of halogens is 1. The van der Waals surface area contributed by atoms with E-state index in [4.69, 9.17) is 11.6 Å². The van der Waals surface area contributed by atoms with Crippen LogP contribution in [0.5, 0.6) is 0 Å². The molecule has 2 aromatic carbocycles. The van der Waals surface area contributed by atoms with Crippen LogP contribution in [0.15, 0.2) is 48.5 Å². The highest BCUT2D eigenvalue weighted by Crippen LogP contribution is 2.27. The van der Waals surface area contributed by atoms with Gasteiger partial charge in [-0.3, -0.25) is 9.69 Å². The summed E-state index contributed by atoms with van der Waals surface area (Å²) in [6.07, 6.45) is 0.953. The lowest BCUT2D eigenvalue weighted by atomic mass is 9.99. The number of nitrogens with zero attached hydrogens (tertiary/aromatic N) is 3. The molecule has 27 heavy (non-hydrogen) atoms. The maximum Gasteiger partial charge on any atom is 0.239 e. The standard InChI is InChI=1S/C22H26ClN3O/c1-17(22(27)26-11-10-18-6-2-3-7-19(18)16-26)24-12-14-25(15-13-24)21-9-5-4-8-20(21)23/h2-9,17H,10-16H2,1H3/t17-/m1/s1. The Labute approximate surface area is 166 Å². The summed E-state index contributed by atoms with van der Waals surface area (Å²) in [4.78, 5) is 19.7. The second kappa shape index (κ2) is 7.91. The molecule has 1 atom stereocenters. The van der Waals surface area contributed by atoms with Gasteiger partial charge in [0.2, 0.25) is 5.91 Å². The summed E-state index contributed by atoms with van der Waals surface area (Å²) < 4.78 is 0. The molecule has 0 aromatic heterocycles. The van der Waals surface area contributed by atoms with Gasteiger partial charge in [-0.15, -0.1) is 0 Å². The van der Waals surface area contributed by atoms with E-state index < -0.39 is 0 Å². The molecule has 4 nitrogen and oxygen atoms in total. The van der Waals surface area contributed by atoms with Crippen molar-refractivity contribution in [2.75, 3.05) is 37.6 Å². The first kappa shape index (κ1) is 18.3. The van der Waals surface area contributed by atoms with E-state index in [-0.39, 0.29) is 11.9 Å². The number of amides is 1. The maximum atomic E-state index is 13.1. The van der Waals surface area contributed by atoms with Crippen LogP contribution in [0.3, 0.4) is 0 Å². The van der Waals surface area contributed by atoms with Crippen LogP contribution >= 0.6 is 11.6 Å². The Morgan fingerprint density at radius 2 is 1.59 bits per heavy atom. The van der Waals surface area contributed by atoms with Gasteiger partial charge in [-0.25, -0.2) is 0 Å². The fraction of sp³-hybridized carbons (Fsp3) is 0.409. The highest BCUT2D eigenvalue weighted by molar-refractivity contribution is 6.33. The fourth-order valence-corrected chi connectivity index (χ4v) is 4.42. The van der Waals surface area contributed by atoms with Crippen LogP contribution in [-0.4, -0.2) is 54.5 Å². The molecule has 1 saturated heterocycles. The van der Waals surface area contributed by atoms with Gasteiger partial charge < -0.3 is 9.80 Å². The predicted molar refractivity (Wildman–Crippen MR) is 110 cm³/mol. The zero-order chi connectivity index (χ0) is 18.8. The summed E-state index contributed by atoms with van der Waals surface area (Å²) in [5.41, 5.74) is 3.75. The monoisotopic (exact) mass is 383 g/mol. The fourth-order valence-electron chi connectivity index (χ4n) is 4.16. The summed E-state index contributed by atoms with van der Waals surface area (Å²) in [5, 5.41) is 0.794. The number of anilines is 1. The van der Waals surface area contributed by atoms with Gasteiger partial charge in [0.15, 0.2) is 0 Å². The van der Waals surface area contributed by atoms with Crippen LogP contribution in [0.25, 0.3) is 0 Å². The van der Waals surface area contributed by atoms with Crippen LogP contribution in [0.2, 0.25) is 5.02 Å². The lowest BCUT2D eigenvalue weighted by molar-refractivity contribution is -0.137. The Balaban J connectivity index is 1.36. The second-order valence-corrected chi connectivity index (χ2v) is 7.84. The molecule has 2 heterocycles. The minimum Gasteiger partial charge on any atom is -0.368 e. The molecule has 142 valence electrons. The first-order chi connectivity index (χ1) is 13.1. The van der Waals surface area contributed by atoms with Crippen molar-refractivity contribution >= 4 is 23.2 Å². The molecule has 0 saturated carbocycles. The quantitative estimate of drug-likeness (QED) is 0.812. The predicted octanol–water partition coefficient (Wildman–Crippen LogP) is 3.44. The van der Waals surface area contributed by atoms with Crippen molar-refractivity contribution in [2.24, 2.45) is 0 Å². The van der Waals surface area contributed by atoms with Gasteiger partial charge >= 0.3 is 0 Å². The summed E-state index contributed by atoms with van der Waals surface area (Å²) >= 11 is 6.33. The van der Waals surface area contributed by atoms with Crippen LogP contribution in [-0.2, 0) is 17.8 Å². The summed E-state index contributed by atoms with van der Waals surface area (Å²) in [6.45, 7) is 7.15. The lowest BCUT2D eigenvalue weighted by Crippen LogP contribution is -2.55. The van der Waals surface area contributed by atoms with E-state index in [0.717, 1.165) is 56.4 Å². The molecule has 5 heteroatoms. The summed E-state index contributed by atoms with van der Waals surface area (Å²) in [5.74, 6) is 0.246. The number of fused-ring (bicyclic) bond motifs is 1. The van der Waals surface area contributed by atoms with Crippen LogP contribution in [0.4, 0.5) is 5.69 Å². The van der Waals surface area contributed by atoms with E-state index in [0.29, 0.717) is 0 Å². The van der Waals surface area contributed by atoms with Gasteiger partial charge in [0, 0.05) is 39.3 Å². The number of carbonyl (C=O) groups is 1. The minimum atomic E-state index is -0.0799. The van der Waals surface area contributed by atoms with Gasteiger partial charge in [-0.05, 0) is 36.6 Å². The van der Waals surface area contributed by atoms with Gasteiger partial charge in [0.05, 0.1) is 16.8 Å². The van der Waals surface area contributed by atoms with Crippen LogP contribution in [0.1, 0.15) is 18.1 Å².